The minimum atomic E-state index is 0.0104. The Hall–Kier alpha value is -0.900. The zero-order chi connectivity index (χ0) is 12.0. The van der Waals surface area contributed by atoms with Gasteiger partial charge < -0.3 is 9.64 Å². The van der Waals surface area contributed by atoms with E-state index in [0.717, 1.165) is 6.42 Å². The fraction of sp³-hybridized carbons (Fsp3) is 0.833. The van der Waals surface area contributed by atoms with Gasteiger partial charge in [-0.25, -0.2) is 0 Å². The summed E-state index contributed by atoms with van der Waals surface area (Å²) < 4.78 is 5.31. The Bertz CT molecular complexity index is 241. The van der Waals surface area contributed by atoms with Crippen molar-refractivity contribution in [1.29, 1.82) is 0 Å². The molecule has 0 aromatic rings. The second kappa shape index (κ2) is 6.63. The molecule has 4 heteroatoms. The number of hydrogen-bond donors (Lipinski definition) is 0. The molecule has 92 valence electrons. The third-order valence-electron chi connectivity index (χ3n) is 2.74. The number of ketones is 1. The summed E-state index contributed by atoms with van der Waals surface area (Å²) in [6, 6.07) is 0. The summed E-state index contributed by atoms with van der Waals surface area (Å²) in [4.78, 5) is 24.4. The Morgan fingerprint density at radius 2 is 2.00 bits per heavy atom. The van der Waals surface area contributed by atoms with Gasteiger partial charge in [-0.15, -0.1) is 0 Å². The molecule has 1 fully saturated rings. The van der Waals surface area contributed by atoms with Crippen LogP contribution in [0.25, 0.3) is 0 Å². The highest BCUT2D eigenvalue weighted by atomic mass is 16.5. The lowest BCUT2D eigenvalue weighted by Crippen LogP contribution is -2.40. The summed E-state index contributed by atoms with van der Waals surface area (Å²) in [5.41, 5.74) is 0. The molecule has 0 radical (unpaired) electrons. The molecule has 0 aliphatic carbocycles. The van der Waals surface area contributed by atoms with Gasteiger partial charge in [-0.05, 0) is 12.3 Å². The zero-order valence-corrected chi connectivity index (χ0v) is 10.2. The molecule has 0 N–H and O–H groups in total. The number of piperidine rings is 1. The first-order chi connectivity index (χ1) is 7.59. The summed E-state index contributed by atoms with van der Waals surface area (Å²) in [6.07, 6.45) is 1.97. The largest absolute Gasteiger partial charge is 0.372 e. The minimum Gasteiger partial charge on any atom is -0.372 e. The highest BCUT2D eigenvalue weighted by Gasteiger charge is 2.20. The van der Waals surface area contributed by atoms with Crippen LogP contribution in [0.1, 0.15) is 33.1 Å². The first kappa shape index (κ1) is 13.2. The van der Waals surface area contributed by atoms with E-state index in [9.17, 15) is 9.59 Å². The molecule has 0 bridgehead atoms. The van der Waals surface area contributed by atoms with Crippen molar-refractivity contribution in [2.75, 3.05) is 26.3 Å². The van der Waals surface area contributed by atoms with Gasteiger partial charge in [0.05, 0.1) is 0 Å². The number of carbonyl (C=O) groups is 2. The molecule has 16 heavy (non-hydrogen) atoms. The molecule has 0 aromatic carbocycles. The van der Waals surface area contributed by atoms with Crippen LogP contribution in [0.5, 0.6) is 0 Å². The molecular weight excluding hydrogens is 206 g/mol. The second-order valence-electron chi connectivity index (χ2n) is 4.65. The van der Waals surface area contributed by atoms with Gasteiger partial charge in [-0.3, -0.25) is 9.59 Å². The van der Waals surface area contributed by atoms with E-state index in [0.29, 0.717) is 38.5 Å². The van der Waals surface area contributed by atoms with Gasteiger partial charge in [0.2, 0.25) is 5.91 Å². The van der Waals surface area contributed by atoms with Gasteiger partial charge in [0.1, 0.15) is 12.4 Å². The van der Waals surface area contributed by atoms with Crippen molar-refractivity contribution in [3.63, 3.8) is 0 Å². The molecule has 0 saturated carbocycles. The highest BCUT2D eigenvalue weighted by molar-refractivity contribution is 5.83. The summed E-state index contributed by atoms with van der Waals surface area (Å²) in [5, 5.41) is 0. The van der Waals surface area contributed by atoms with Crippen LogP contribution in [0.15, 0.2) is 0 Å². The molecule has 1 aliphatic rings. The Morgan fingerprint density at radius 1 is 1.38 bits per heavy atom. The van der Waals surface area contributed by atoms with Gasteiger partial charge in [-0.1, -0.05) is 13.8 Å². The molecule has 0 aromatic heterocycles. The predicted octanol–water partition coefficient (Wildman–Crippen LogP) is 1.24. The lowest BCUT2D eigenvalue weighted by atomic mass is 10.1. The summed E-state index contributed by atoms with van der Waals surface area (Å²) in [5.74, 6) is 0.865. The number of amides is 1. The third-order valence-corrected chi connectivity index (χ3v) is 2.74. The number of likely N-dealkylation sites (tertiary alicyclic amines) is 1. The van der Waals surface area contributed by atoms with Crippen LogP contribution in [0.4, 0.5) is 0 Å². The molecule has 1 rings (SSSR count). The smallest absolute Gasteiger partial charge is 0.248 e. The number of ether oxygens (including phenoxy) is 1. The number of Topliss-reactive ketones (excluding diaryl/α,β-unsaturated/α-hetero) is 1. The highest BCUT2D eigenvalue weighted by Crippen LogP contribution is 2.06. The Labute approximate surface area is 96.9 Å². The number of hydrogen-bond acceptors (Lipinski definition) is 3. The summed E-state index contributed by atoms with van der Waals surface area (Å²) in [7, 11) is 0. The fourth-order valence-corrected chi connectivity index (χ4v) is 1.58. The monoisotopic (exact) mass is 227 g/mol. The normalized spacial score (nSPS) is 16.9. The van der Waals surface area contributed by atoms with Crippen LogP contribution in [-0.4, -0.2) is 42.9 Å². The predicted molar refractivity (Wildman–Crippen MR) is 61.1 cm³/mol. The quantitative estimate of drug-likeness (QED) is 0.664. The van der Waals surface area contributed by atoms with Gasteiger partial charge in [-0.2, -0.15) is 0 Å². The summed E-state index contributed by atoms with van der Waals surface area (Å²) in [6.45, 7) is 6.16. The van der Waals surface area contributed by atoms with Crippen molar-refractivity contribution < 1.29 is 14.3 Å². The van der Waals surface area contributed by atoms with Crippen molar-refractivity contribution >= 4 is 11.7 Å². The third kappa shape index (κ3) is 4.75. The van der Waals surface area contributed by atoms with E-state index in [-0.39, 0.29) is 18.3 Å². The fourth-order valence-electron chi connectivity index (χ4n) is 1.58. The van der Waals surface area contributed by atoms with E-state index in [1.165, 1.54) is 0 Å². The average Bonchev–Trinajstić information content (AvgIpc) is 2.25. The topological polar surface area (TPSA) is 46.6 Å². The first-order valence-corrected chi connectivity index (χ1v) is 5.97. The van der Waals surface area contributed by atoms with Gasteiger partial charge >= 0.3 is 0 Å². The van der Waals surface area contributed by atoms with Crippen molar-refractivity contribution in [1.82, 2.24) is 4.90 Å². The van der Waals surface area contributed by atoms with Crippen LogP contribution in [0.2, 0.25) is 0 Å². The van der Waals surface area contributed by atoms with Crippen LogP contribution >= 0.6 is 0 Å². The molecule has 0 spiro atoms. The van der Waals surface area contributed by atoms with E-state index in [2.05, 4.69) is 13.8 Å². The number of rotatable bonds is 5. The van der Waals surface area contributed by atoms with Crippen molar-refractivity contribution in [3.8, 4) is 0 Å². The van der Waals surface area contributed by atoms with E-state index >= 15 is 0 Å². The minimum absolute atomic E-state index is 0.0104. The first-order valence-electron chi connectivity index (χ1n) is 5.97. The number of carbonyl (C=O) groups excluding carboxylic acids is 2. The molecule has 1 aliphatic heterocycles. The molecule has 1 saturated heterocycles. The van der Waals surface area contributed by atoms with E-state index in [4.69, 9.17) is 4.74 Å². The van der Waals surface area contributed by atoms with Crippen LogP contribution in [-0.2, 0) is 14.3 Å². The maximum atomic E-state index is 11.6. The lowest BCUT2D eigenvalue weighted by molar-refractivity contribution is -0.138. The van der Waals surface area contributed by atoms with E-state index < -0.39 is 0 Å². The molecular formula is C12H21NO3. The van der Waals surface area contributed by atoms with Gasteiger partial charge in [0.25, 0.3) is 0 Å². The molecule has 0 unspecified atom stereocenters. The van der Waals surface area contributed by atoms with Crippen LogP contribution in [0.3, 0.4) is 0 Å². The van der Waals surface area contributed by atoms with Crippen molar-refractivity contribution in [2.45, 2.75) is 33.1 Å². The molecule has 4 nitrogen and oxygen atoms in total. The van der Waals surface area contributed by atoms with Gasteiger partial charge in [0.15, 0.2) is 0 Å². The van der Waals surface area contributed by atoms with E-state index in [1.807, 2.05) is 0 Å². The van der Waals surface area contributed by atoms with Crippen LogP contribution < -0.4 is 0 Å². The Morgan fingerprint density at radius 3 is 2.56 bits per heavy atom. The van der Waals surface area contributed by atoms with E-state index in [1.54, 1.807) is 4.90 Å². The molecule has 1 amide bonds. The lowest BCUT2D eigenvalue weighted by Gasteiger charge is -2.25. The van der Waals surface area contributed by atoms with Crippen molar-refractivity contribution in [2.24, 2.45) is 5.92 Å². The van der Waals surface area contributed by atoms with Crippen molar-refractivity contribution in [3.05, 3.63) is 0 Å². The maximum Gasteiger partial charge on any atom is 0.248 e. The SMILES string of the molecule is CC(C)CCOCC(=O)N1CCC(=O)CC1. The Balaban J connectivity index is 2.12. The Kier molecular flexibility index (Phi) is 5.46. The number of nitrogens with zero attached hydrogens (tertiary/aromatic N) is 1. The standard InChI is InChI=1S/C12H21NO3/c1-10(2)5-8-16-9-12(15)13-6-3-11(14)4-7-13/h10H,3-9H2,1-2H3. The van der Waals surface area contributed by atoms with Crippen LogP contribution in [0, 0.1) is 5.92 Å². The average molecular weight is 227 g/mol. The maximum absolute atomic E-state index is 11.6. The molecule has 1 heterocycles. The summed E-state index contributed by atoms with van der Waals surface area (Å²) >= 11 is 0. The van der Waals surface area contributed by atoms with Gasteiger partial charge in [0, 0.05) is 32.5 Å². The second-order valence-corrected chi connectivity index (χ2v) is 4.65. The molecule has 0 atom stereocenters. The zero-order valence-electron chi connectivity index (χ0n) is 10.2.